The largest absolute Gasteiger partial charge is 0.389 e. The van der Waals surface area contributed by atoms with Gasteiger partial charge in [0.05, 0.1) is 11.3 Å². The van der Waals surface area contributed by atoms with Gasteiger partial charge in [0.2, 0.25) is 0 Å². The van der Waals surface area contributed by atoms with Crippen molar-refractivity contribution in [2.45, 2.75) is 33.2 Å². The average molecular weight is 300 g/mol. The lowest BCUT2D eigenvalue weighted by molar-refractivity contribution is 0.678. The molecule has 0 bridgehead atoms. The van der Waals surface area contributed by atoms with E-state index < -0.39 is 10.8 Å². The highest BCUT2D eigenvalue weighted by Crippen LogP contribution is 2.19. The summed E-state index contributed by atoms with van der Waals surface area (Å²) >= 11 is 5.08. The minimum absolute atomic E-state index is 0.133. The number of rotatable bonds is 6. The molecule has 0 fully saturated rings. The zero-order valence-corrected chi connectivity index (χ0v) is 13.3. The Hall–Kier alpha value is -1.08. The van der Waals surface area contributed by atoms with Crippen LogP contribution in [0.15, 0.2) is 0 Å². The lowest BCUT2D eigenvalue weighted by atomic mass is 10.1. The van der Waals surface area contributed by atoms with E-state index >= 15 is 0 Å². The fraction of sp³-hybridized carbons (Fsp3) is 0.583. The summed E-state index contributed by atoms with van der Waals surface area (Å²) in [6, 6.07) is 0.133. The molecule has 0 amide bonds. The summed E-state index contributed by atoms with van der Waals surface area (Å²) in [4.78, 5) is 0.310. The second-order valence-electron chi connectivity index (χ2n) is 4.61. The Morgan fingerprint density at radius 3 is 2.63 bits per heavy atom. The molecule has 0 aliphatic rings. The molecule has 0 saturated carbocycles. The fourth-order valence-corrected chi connectivity index (χ4v) is 2.59. The van der Waals surface area contributed by atoms with Crippen molar-refractivity contribution in [2.75, 3.05) is 17.3 Å². The molecule has 3 N–H and O–H groups in total. The van der Waals surface area contributed by atoms with Gasteiger partial charge in [-0.25, -0.2) is 0 Å². The third kappa shape index (κ3) is 4.50. The molecule has 106 valence electrons. The van der Waals surface area contributed by atoms with Gasteiger partial charge >= 0.3 is 0 Å². The lowest BCUT2D eigenvalue weighted by Crippen LogP contribution is -2.23. The van der Waals surface area contributed by atoms with Crippen molar-refractivity contribution in [1.29, 1.82) is 0 Å². The topological polar surface area (TPSA) is 80.9 Å². The van der Waals surface area contributed by atoms with Crippen molar-refractivity contribution in [3.63, 3.8) is 0 Å². The summed E-state index contributed by atoms with van der Waals surface area (Å²) in [6.07, 6.45) is 2.48. The Morgan fingerprint density at radius 2 is 2.11 bits per heavy atom. The van der Waals surface area contributed by atoms with Crippen LogP contribution in [0.4, 0.5) is 5.82 Å². The Labute approximate surface area is 121 Å². The first-order valence-corrected chi connectivity index (χ1v) is 8.16. The number of thiocarbonyl (C=S) groups is 1. The van der Waals surface area contributed by atoms with Crippen molar-refractivity contribution in [3.05, 3.63) is 16.8 Å². The molecule has 0 saturated heterocycles. The number of anilines is 1. The summed E-state index contributed by atoms with van der Waals surface area (Å²) in [6.45, 7) is 5.81. The van der Waals surface area contributed by atoms with Gasteiger partial charge in [0.15, 0.2) is 5.82 Å². The fourth-order valence-electron chi connectivity index (χ4n) is 1.66. The minimum atomic E-state index is -0.793. The Morgan fingerprint density at radius 1 is 1.47 bits per heavy atom. The number of nitrogens with one attached hydrogen (secondary N) is 1. The smallest absolute Gasteiger partial charge is 0.159 e. The van der Waals surface area contributed by atoms with Crippen LogP contribution >= 0.6 is 12.2 Å². The molecule has 0 aliphatic heterocycles. The van der Waals surface area contributed by atoms with Crippen LogP contribution in [0.2, 0.25) is 0 Å². The molecule has 1 rings (SSSR count). The maximum atomic E-state index is 11.1. The number of nitrogens with two attached hydrogens (primary N) is 1. The van der Waals surface area contributed by atoms with Crippen LogP contribution in [0.25, 0.3) is 0 Å². The van der Waals surface area contributed by atoms with E-state index in [1.807, 2.05) is 20.8 Å². The first-order chi connectivity index (χ1) is 8.82. The van der Waals surface area contributed by atoms with Gasteiger partial charge in [0.25, 0.3) is 0 Å². The summed E-state index contributed by atoms with van der Waals surface area (Å²) in [5.74, 6) is 1.25. The van der Waals surface area contributed by atoms with Crippen LogP contribution < -0.4 is 11.1 Å². The number of aromatic nitrogens is 2. The van der Waals surface area contributed by atoms with Crippen LogP contribution in [-0.4, -0.2) is 37.4 Å². The molecule has 0 spiro atoms. The van der Waals surface area contributed by atoms with Crippen LogP contribution in [0, 0.1) is 13.8 Å². The summed E-state index contributed by atoms with van der Waals surface area (Å²) in [5, 5.41) is 11.4. The van der Waals surface area contributed by atoms with E-state index in [1.165, 1.54) is 0 Å². The number of hydrogen-bond donors (Lipinski definition) is 2. The van der Waals surface area contributed by atoms with E-state index in [-0.39, 0.29) is 6.04 Å². The first-order valence-electron chi connectivity index (χ1n) is 6.03. The molecule has 0 radical (unpaired) electrons. The van der Waals surface area contributed by atoms with Gasteiger partial charge in [-0.3, -0.25) is 4.21 Å². The summed E-state index contributed by atoms with van der Waals surface area (Å²) < 4.78 is 11.1. The zero-order valence-electron chi connectivity index (χ0n) is 11.7. The van der Waals surface area contributed by atoms with Crippen LogP contribution in [0.1, 0.15) is 30.2 Å². The third-order valence-electron chi connectivity index (χ3n) is 2.92. The predicted molar refractivity (Wildman–Crippen MR) is 84.0 cm³/mol. The molecule has 1 aromatic rings. The Bertz CT molecular complexity index is 505. The van der Waals surface area contributed by atoms with Crippen LogP contribution in [-0.2, 0) is 10.8 Å². The second-order valence-corrected chi connectivity index (χ2v) is 6.60. The highest BCUT2D eigenvalue weighted by Gasteiger charge is 2.15. The molecule has 1 aromatic heterocycles. The lowest BCUT2D eigenvalue weighted by Gasteiger charge is -2.17. The molecule has 0 aliphatic carbocycles. The van der Waals surface area contributed by atoms with Gasteiger partial charge < -0.3 is 11.1 Å². The van der Waals surface area contributed by atoms with Crippen molar-refractivity contribution >= 4 is 33.8 Å². The number of nitrogens with zero attached hydrogens (tertiary/aromatic N) is 2. The van der Waals surface area contributed by atoms with Crippen molar-refractivity contribution in [1.82, 2.24) is 10.2 Å². The van der Waals surface area contributed by atoms with E-state index in [1.54, 1.807) is 6.26 Å². The zero-order chi connectivity index (χ0) is 14.6. The molecule has 19 heavy (non-hydrogen) atoms. The molecule has 7 heteroatoms. The minimum Gasteiger partial charge on any atom is -0.389 e. The first kappa shape index (κ1) is 16.0. The van der Waals surface area contributed by atoms with Gasteiger partial charge in [0.1, 0.15) is 4.99 Å². The molecular formula is C12H20N4OS2. The number of aryl methyl sites for hydroxylation is 1. The van der Waals surface area contributed by atoms with E-state index in [9.17, 15) is 4.21 Å². The van der Waals surface area contributed by atoms with Crippen LogP contribution in [0.5, 0.6) is 0 Å². The van der Waals surface area contributed by atoms with E-state index in [0.29, 0.717) is 16.6 Å². The van der Waals surface area contributed by atoms with E-state index in [4.69, 9.17) is 18.0 Å². The molecular weight excluding hydrogens is 280 g/mol. The maximum Gasteiger partial charge on any atom is 0.159 e. The van der Waals surface area contributed by atoms with Gasteiger partial charge in [0, 0.05) is 28.9 Å². The molecule has 2 atom stereocenters. The Kier molecular flexibility index (Phi) is 5.81. The quantitative estimate of drug-likeness (QED) is 0.771. The second kappa shape index (κ2) is 6.91. The van der Waals surface area contributed by atoms with Gasteiger partial charge in [-0.1, -0.05) is 12.2 Å². The molecule has 5 nitrogen and oxygen atoms in total. The van der Waals surface area contributed by atoms with Crippen molar-refractivity contribution in [2.24, 2.45) is 5.73 Å². The Balaban J connectivity index is 2.92. The molecule has 1 heterocycles. The molecule has 0 aromatic carbocycles. The summed E-state index contributed by atoms with van der Waals surface area (Å²) in [5.41, 5.74) is 8.26. The van der Waals surface area contributed by atoms with Crippen LogP contribution in [0.3, 0.4) is 0 Å². The maximum absolute atomic E-state index is 11.1. The van der Waals surface area contributed by atoms with E-state index in [2.05, 4.69) is 15.5 Å². The van der Waals surface area contributed by atoms with Gasteiger partial charge in [-0.05, 0) is 32.8 Å². The highest BCUT2D eigenvalue weighted by atomic mass is 32.2. The average Bonchev–Trinajstić information content (AvgIpc) is 2.31. The van der Waals surface area contributed by atoms with Gasteiger partial charge in [-0.15, -0.1) is 5.10 Å². The van der Waals surface area contributed by atoms with E-state index in [0.717, 1.165) is 23.2 Å². The van der Waals surface area contributed by atoms with Crippen molar-refractivity contribution in [3.8, 4) is 0 Å². The third-order valence-corrected chi connectivity index (χ3v) is 3.94. The normalized spacial score (nSPS) is 13.9. The van der Waals surface area contributed by atoms with Gasteiger partial charge in [-0.2, -0.15) is 5.10 Å². The molecule has 2 unspecified atom stereocenters. The highest BCUT2D eigenvalue weighted by molar-refractivity contribution is 7.84. The summed E-state index contributed by atoms with van der Waals surface area (Å²) in [7, 11) is -0.793. The predicted octanol–water partition coefficient (Wildman–Crippen LogP) is 1.30. The SMILES string of the molecule is Cc1nnc(NC(C)CCS(C)=O)c(C(N)=S)c1C. The standard InChI is InChI=1S/C12H20N4OS2/c1-7(5-6-19(4)17)14-12-10(11(13)18)8(2)9(3)15-16-12/h7H,5-6H2,1-4H3,(H2,13,18)(H,14,16). The van der Waals surface area contributed by atoms with Crippen molar-refractivity contribution < 1.29 is 4.21 Å². The monoisotopic (exact) mass is 300 g/mol. The number of hydrogen-bond acceptors (Lipinski definition) is 5.